The van der Waals surface area contributed by atoms with E-state index in [-0.39, 0.29) is 23.5 Å². The molecule has 3 aromatic rings. The van der Waals surface area contributed by atoms with E-state index in [2.05, 4.69) is 0 Å². The average Bonchev–Trinajstić information content (AvgIpc) is 3.11. The van der Waals surface area contributed by atoms with Crippen LogP contribution < -0.4 is 5.56 Å². The summed E-state index contributed by atoms with van der Waals surface area (Å²) in [7, 11) is 3.85. The maximum Gasteiger partial charge on any atom is 0.340 e. The number of pyridine rings is 2. The third kappa shape index (κ3) is 3.28. The molecule has 2 aromatic heterocycles. The van der Waals surface area contributed by atoms with E-state index in [9.17, 15) is 19.8 Å². The lowest BCUT2D eigenvalue weighted by Crippen LogP contribution is -2.32. The lowest BCUT2D eigenvalue weighted by atomic mass is 10.00. The van der Waals surface area contributed by atoms with Gasteiger partial charge >= 0.3 is 5.97 Å². The largest absolute Gasteiger partial charge is 0.508 e. The van der Waals surface area contributed by atoms with Crippen molar-refractivity contribution in [1.29, 1.82) is 0 Å². The fraction of sp³-hybridized carbons (Fsp3) is 0.348. The van der Waals surface area contributed by atoms with E-state index in [4.69, 9.17) is 9.72 Å². The van der Waals surface area contributed by atoms with Crippen LogP contribution in [0.4, 0.5) is 0 Å². The van der Waals surface area contributed by atoms with Gasteiger partial charge in [-0.2, -0.15) is 0 Å². The quantitative estimate of drug-likeness (QED) is 0.477. The predicted molar refractivity (Wildman–Crippen MR) is 116 cm³/mol. The number of aromatic hydroxyl groups is 1. The second-order valence-corrected chi connectivity index (χ2v) is 7.73. The Morgan fingerprint density at radius 3 is 2.68 bits per heavy atom. The highest BCUT2D eigenvalue weighted by atomic mass is 16.5. The van der Waals surface area contributed by atoms with Gasteiger partial charge in [0, 0.05) is 28.6 Å². The number of carbonyl (C=O) groups excluding carboxylic acids is 1. The second-order valence-electron chi connectivity index (χ2n) is 7.73. The summed E-state index contributed by atoms with van der Waals surface area (Å²) >= 11 is 0. The summed E-state index contributed by atoms with van der Waals surface area (Å²) in [4.78, 5) is 31.4. The SMILES string of the molecule is CC.CN(C)Cc1c(O)ccc2nc3c(cc12)Cn1c-3cc2c(c1=O)COC(=O)[C@H]2O. The zero-order valence-electron chi connectivity index (χ0n) is 18.0. The molecule has 2 N–H and O–H groups in total. The Bertz CT molecular complexity index is 1260. The summed E-state index contributed by atoms with van der Waals surface area (Å²) < 4.78 is 6.50. The van der Waals surface area contributed by atoms with Crippen molar-refractivity contribution >= 4 is 16.9 Å². The van der Waals surface area contributed by atoms with Crippen molar-refractivity contribution in [2.75, 3.05) is 14.1 Å². The Kier molecular flexibility index (Phi) is 5.28. The molecule has 4 heterocycles. The summed E-state index contributed by atoms with van der Waals surface area (Å²) in [5, 5.41) is 21.4. The molecule has 2 aliphatic heterocycles. The number of aromatic nitrogens is 2. The van der Waals surface area contributed by atoms with Crippen LogP contribution in [0.1, 0.15) is 42.2 Å². The van der Waals surface area contributed by atoms with Crippen molar-refractivity contribution in [2.45, 2.75) is 39.6 Å². The van der Waals surface area contributed by atoms with Crippen molar-refractivity contribution in [3.05, 3.63) is 56.9 Å². The van der Waals surface area contributed by atoms with E-state index in [0.29, 0.717) is 35.6 Å². The number of cyclic esters (lactones) is 1. The van der Waals surface area contributed by atoms with Gasteiger partial charge in [-0.25, -0.2) is 9.78 Å². The van der Waals surface area contributed by atoms with Crippen molar-refractivity contribution < 1.29 is 19.7 Å². The van der Waals surface area contributed by atoms with E-state index in [1.165, 1.54) is 0 Å². The molecule has 0 radical (unpaired) electrons. The molecule has 1 aromatic carbocycles. The third-order valence-corrected chi connectivity index (χ3v) is 5.52. The Labute approximate surface area is 179 Å². The number of aliphatic hydroxyl groups excluding tert-OH is 1. The molecule has 1 atom stereocenters. The number of phenols is 1. The molecule has 0 spiro atoms. The van der Waals surface area contributed by atoms with Gasteiger partial charge in [0.15, 0.2) is 6.10 Å². The molecule has 5 rings (SSSR count). The van der Waals surface area contributed by atoms with E-state index in [1.807, 2.05) is 38.9 Å². The Balaban J connectivity index is 0.00000112. The molecule has 0 aliphatic carbocycles. The summed E-state index contributed by atoms with van der Waals surface area (Å²) in [5.41, 5.74) is 3.84. The number of hydrogen-bond donors (Lipinski definition) is 2. The highest BCUT2D eigenvalue weighted by Gasteiger charge is 2.33. The molecule has 162 valence electrons. The maximum atomic E-state index is 13.0. The molecule has 0 bridgehead atoms. The predicted octanol–water partition coefficient (Wildman–Crippen LogP) is 2.31. The van der Waals surface area contributed by atoms with E-state index < -0.39 is 12.1 Å². The van der Waals surface area contributed by atoms with E-state index in [0.717, 1.165) is 16.5 Å². The van der Waals surface area contributed by atoms with Crippen molar-refractivity contribution in [3.63, 3.8) is 0 Å². The number of phenolic OH excluding ortho intramolecular Hbond substituents is 1. The van der Waals surface area contributed by atoms with Gasteiger partial charge in [0.25, 0.3) is 5.56 Å². The monoisotopic (exact) mass is 423 g/mol. The second kappa shape index (κ2) is 7.79. The minimum absolute atomic E-state index is 0.142. The number of fused-ring (bicyclic) bond motifs is 5. The summed E-state index contributed by atoms with van der Waals surface area (Å²) in [6, 6.07) is 6.98. The van der Waals surface area contributed by atoms with Crippen LogP contribution in [0.5, 0.6) is 5.75 Å². The fourth-order valence-corrected chi connectivity index (χ4v) is 4.13. The lowest BCUT2D eigenvalue weighted by molar-refractivity contribution is -0.157. The number of rotatable bonds is 2. The van der Waals surface area contributed by atoms with Gasteiger partial charge in [-0.3, -0.25) is 4.79 Å². The zero-order chi connectivity index (χ0) is 22.4. The molecule has 0 saturated heterocycles. The number of ether oxygens (including phenoxy) is 1. The normalized spacial score (nSPS) is 16.3. The summed E-state index contributed by atoms with van der Waals surface area (Å²) in [6.07, 6.45) is -1.47. The average molecular weight is 423 g/mol. The number of benzene rings is 1. The first kappa shape index (κ1) is 21.0. The molecule has 0 fully saturated rings. The van der Waals surface area contributed by atoms with Crippen LogP contribution in [0, 0.1) is 0 Å². The number of aliphatic hydroxyl groups is 1. The number of nitrogens with zero attached hydrogens (tertiary/aromatic N) is 3. The minimum atomic E-state index is -1.47. The zero-order valence-corrected chi connectivity index (χ0v) is 18.0. The molecular formula is C23H25N3O5. The molecule has 8 heteroatoms. The van der Waals surface area contributed by atoms with Crippen molar-refractivity contribution in [3.8, 4) is 17.1 Å². The van der Waals surface area contributed by atoms with Crippen LogP contribution in [0.2, 0.25) is 0 Å². The van der Waals surface area contributed by atoms with Crippen LogP contribution in [0.3, 0.4) is 0 Å². The van der Waals surface area contributed by atoms with E-state index >= 15 is 0 Å². The smallest absolute Gasteiger partial charge is 0.340 e. The molecule has 2 aliphatic rings. The molecule has 0 unspecified atom stereocenters. The van der Waals surface area contributed by atoms with E-state index in [1.54, 1.807) is 22.8 Å². The van der Waals surface area contributed by atoms with Gasteiger partial charge in [0.05, 0.1) is 29.0 Å². The number of hydrogen-bond acceptors (Lipinski definition) is 7. The van der Waals surface area contributed by atoms with Crippen LogP contribution in [-0.2, 0) is 29.2 Å². The van der Waals surface area contributed by atoms with Crippen LogP contribution in [0.15, 0.2) is 29.1 Å². The maximum absolute atomic E-state index is 13.0. The molecule has 31 heavy (non-hydrogen) atoms. The topological polar surface area (TPSA) is 105 Å². The Morgan fingerprint density at radius 1 is 1.23 bits per heavy atom. The minimum Gasteiger partial charge on any atom is -0.508 e. The Hall–Kier alpha value is -3.23. The summed E-state index contributed by atoms with van der Waals surface area (Å²) in [5.74, 6) is -0.551. The number of carbonyl (C=O) groups is 1. The Morgan fingerprint density at radius 2 is 1.97 bits per heavy atom. The first-order chi connectivity index (χ1) is 14.8. The van der Waals surface area contributed by atoms with Gasteiger partial charge in [-0.15, -0.1) is 0 Å². The van der Waals surface area contributed by atoms with Gasteiger partial charge in [0.2, 0.25) is 0 Å². The van der Waals surface area contributed by atoms with Crippen molar-refractivity contribution in [2.24, 2.45) is 0 Å². The van der Waals surface area contributed by atoms with Crippen LogP contribution in [0.25, 0.3) is 22.3 Å². The van der Waals surface area contributed by atoms with Gasteiger partial charge in [-0.1, -0.05) is 13.8 Å². The molecule has 8 nitrogen and oxygen atoms in total. The molecular weight excluding hydrogens is 398 g/mol. The third-order valence-electron chi connectivity index (χ3n) is 5.52. The first-order valence-corrected chi connectivity index (χ1v) is 10.3. The van der Waals surface area contributed by atoms with Gasteiger partial charge in [-0.05, 0) is 38.4 Å². The number of esters is 1. The standard InChI is InChI=1S/C21H19N3O5.C2H6/c1-23(2)8-13-11-5-10-7-24-16(18(10)22-15(11)3-4-17(13)25)6-12-14(20(24)27)9-29-21(28)19(12)26;1-2/h3-6,19,25-26H,7-9H2,1-2H3;1-2H3/t19-;/m0./s1. The van der Waals surface area contributed by atoms with Crippen LogP contribution in [-0.4, -0.2) is 44.7 Å². The van der Waals surface area contributed by atoms with Crippen molar-refractivity contribution in [1.82, 2.24) is 14.5 Å². The highest BCUT2D eigenvalue weighted by molar-refractivity contribution is 5.88. The lowest BCUT2D eigenvalue weighted by Gasteiger charge is -2.21. The fourth-order valence-electron chi connectivity index (χ4n) is 4.13. The highest BCUT2D eigenvalue weighted by Crippen LogP contribution is 2.37. The van der Waals surface area contributed by atoms with Gasteiger partial charge < -0.3 is 24.4 Å². The molecule has 0 amide bonds. The first-order valence-electron chi connectivity index (χ1n) is 10.3. The molecule has 0 saturated carbocycles. The summed E-state index contributed by atoms with van der Waals surface area (Å²) in [6.45, 7) is 4.74. The van der Waals surface area contributed by atoms with Crippen LogP contribution >= 0.6 is 0 Å². The van der Waals surface area contributed by atoms with Gasteiger partial charge in [0.1, 0.15) is 12.4 Å².